The Morgan fingerprint density at radius 1 is 1.00 bits per heavy atom. The number of aromatic carboxylic acids is 1. The van der Waals surface area contributed by atoms with Gasteiger partial charge in [-0.1, -0.05) is 6.07 Å². The van der Waals surface area contributed by atoms with E-state index in [2.05, 4.69) is 10.2 Å². The zero-order valence-corrected chi connectivity index (χ0v) is 12.9. The standard InChI is InChI=1S/C16H15N3O4/c1-9-6-11(3)15(7-10(9)2)18-17-14-5-4-12(19(22)23)8-13(14)16(20)21/h4-8H,1-3H3,(H,20,21). The highest BCUT2D eigenvalue weighted by Crippen LogP contribution is 2.28. The fourth-order valence-corrected chi connectivity index (χ4v) is 2.06. The van der Waals surface area contributed by atoms with Crippen LogP contribution in [0.25, 0.3) is 0 Å². The monoisotopic (exact) mass is 313 g/mol. The first-order chi connectivity index (χ1) is 10.8. The van der Waals surface area contributed by atoms with Gasteiger partial charge in [0.05, 0.1) is 16.2 Å². The first kappa shape index (κ1) is 16.3. The van der Waals surface area contributed by atoms with Gasteiger partial charge in [-0.05, 0) is 49.6 Å². The number of aryl methyl sites for hydroxylation is 3. The molecule has 0 heterocycles. The van der Waals surface area contributed by atoms with Crippen molar-refractivity contribution in [1.82, 2.24) is 0 Å². The van der Waals surface area contributed by atoms with E-state index in [4.69, 9.17) is 0 Å². The molecule has 0 saturated heterocycles. The maximum Gasteiger partial charge on any atom is 0.338 e. The minimum absolute atomic E-state index is 0.0701. The first-order valence-corrected chi connectivity index (χ1v) is 6.81. The van der Waals surface area contributed by atoms with Crippen molar-refractivity contribution in [2.75, 3.05) is 0 Å². The molecule has 0 unspecified atom stereocenters. The molecule has 0 fully saturated rings. The van der Waals surface area contributed by atoms with Crippen LogP contribution in [0.2, 0.25) is 0 Å². The number of benzene rings is 2. The van der Waals surface area contributed by atoms with Crippen molar-refractivity contribution in [3.8, 4) is 0 Å². The van der Waals surface area contributed by atoms with Gasteiger partial charge in [-0.15, -0.1) is 5.11 Å². The smallest absolute Gasteiger partial charge is 0.338 e. The predicted octanol–water partition coefficient (Wildman–Crippen LogP) is 4.63. The number of carboxylic acids is 1. The molecule has 2 rings (SSSR count). The van der Waals surface area contributed by atoms with Gasteiger partial charge in [-0.3, -0.25) is 10.1 Å². The summed E-state index contributed by atoms with van der Waals surface area (Å²) in [6.07, 6.45) is 0. The molecule has 2 aromatic rings. The van der Waals surface area contributed by atoms with Crippen molar-refractivity contribution >= 4 is 23.0 Å². The number of azo groups is 1. The molecular weight excluding hydrogens is 298 g/mol. The van der Waals surface area contributed by atoms with Crippen molar-refractivity contribution in [1.29, 1.82) is 0 Å². The van der Waals surface area contributed by atoms with E-state index in [1.54, 1.807) is 0 Å². The molecule has 1 N–H and O–H groups in total. The van der Waals surface area contributed by atoms with Crippen LogP contribution in [0.4, 0.5) is 17.1 Å². The van der Waals surface area contributed by atoms with Crippen molar-refractivity contribution in [2.45, 2.75) is 20.8 Å². The van der Waals surface area contributed by atoms with Gasteiger partial charge in [-0.2, -0.15) is 5.11 Å². The first-order valence-electron chi connectivity index (χ1n) is 6.81. The summed E-state index contributed by atoms with van der Waals surface area (Å²) < 4.78 is 0. The Morgan fingerprint density at radius 3 is 2.22 bits per heavy atom. The van der Waals surface area contributed by atoms with Crippen LogP contribution in [0.1, 0.15) is 27.0 Å². The van der Waals surface area contributed by atoms with Crippen molar-refractivity contribution < 1.29 is 14.8 Å². The van der Waals surface area contributed by atoms with Crippen LogP contribution < -0.4 is 0 Å². The van der Waals surface area contributed by atoms with E-state index in [1.807, 2.05) is 32.9 Å². The summed E-state index contributed by atoms with van der Waals surface area (Å²) in [6.45, 7) is 5.82. The molecule has 0 amide bonds. The largest absolute Gasteiger partial charge is 0.478 e. The van der Waals surface area contributed by atoms with Crippen molar-refractivity contribution in [3.05, 3.63) is 62.7 Å². The molecule has 118 valence electrons. The molecule has 0 aliphatic rings. The van der Waals surface area contributed by atoms with E-state index in [0.29, 0.717) is 5.69 Å². The molecule has 0 aliphatic heterocycles. The molecule has 0 radical (unpaired) electrons. The summed E-state index contributed by atoms with van der Waals surface area (Å²) in [4.78, 5) is 21.3. The van der Waals surface area contributed by atoms with Gasteiger partial charge in [0.25, 0.3) is 5.69 Å². The average Bonchev–Trinajstić information content (AvgIpc) is 2.49. The number of nitro benzene ring substituents is 1. The van der Waals surface area contributed by atoms with Gasteiger partial charge in [-0.25, -0.2) is 4.79 Å². The lowest BCUT2D eigenvalue weighted by Gasteiger charge is -2.05. The number of carboxylic acid groups (broad SMARTS) is 1. The zero-order valence-electron chi connectivity index (χ0n) is 12.9. The van der Waals surface area contributed by atoms with E-state index >= 15 is 0 Å². The molecule has 2 aromatic carbocycles. The molecule has 23 heavy (non-hydrogen) atoms. The minimum atomic E-state index is -1.29. The van der Waals surface area contributed by atoms with E-state index in [9.17, 15) is 20.0 Å². The second-order valence-electron chi connectivity index (χ2n) is 5.19. The lowest BCUT2D eigenvalue weighted by atomic mass is 10.1. The molecule has 0 bridgehead atoms. The zero-order chi connectivity index (χ0) is 17.1. The van der Waals surface area contributed by atoms with Gasteiger partial charge >= 0.3 is 5.97 Å². The van der Waals surface area contributed by atoms with Gasteiger partial charge < -0.3 is 5.11 Å². The van der Waals surface area contributed by atoms with Crippen LogP contribution in [0.15, 0.2) is 40.6 Å². The highest BCUT2D eigenvalue weighted by atomic mass is 16.6. The number of hydrogen-bond acceptors (Lipinski definition) is 5. The molecule has 0 aliphatic carbocycles. The Hall–Kier alpha value is -3.09. The number of non-ortho nitro benzene ring substituents is 1. The highest BCUT2D eigenvalue weighted by molar-refractivity contribution is 5.94. The Bertz CT molecular complexity index is 828. The predicted molar refractivity (Wildman–Crippen MR) is 84.9 cm³/mol. The van der Waals surface area contributed by atoms with Gasteiger partial charge in [0.15, 0.2) is 0 Å². The van der Waals surface area contributed by atoms with Crippen LogP contribution in [0, 0.1) is 30.9 Å². The molecule has 7 heteroatoms. The quantitative estimate of drug-likeness (QED) is 0.504. The third kappa shape index (κ3) is 3.57. The summed E-state index contributed by atoms with van der Waals surface area (Å²) in [5.74, 6) is -1.29. The molecule has 0 saturated carbocycles. The number of nitro groups is 1. The summed E-state index contributed by atoms with van der Waals surface area (Å²) in [7, 11) is 0. The van der Waals surface area contributed by atoms with Crippen LogP contribution in [-0.2, 0) is 0 Å². The van der Waals surface area contributed by atoms with E-state index in [1.165, 1.54) is 12.1 Å². The van der Waals surface area contributed by atoms with E-state index < -0.39 is 10.9 Å². The number of nitrogens with zero attached hydrogens (tertiary/aromatic N) is 3. The highest BCUT2D eigenvalue weighted by Gasteiger charge is 2.16. The van der Waals surface area contributed by atoms with Crippen LogP contribution in [-0.4, -0.2) is 16.0 Å². The minimum Gasteiger partial charge on any atom is -0.478 e. The van der Waals surface area contributed by atoms with Crippen LogP contribution >= 0.6 is 0 Å². The summed E-state index contributed by atoms with van der Waals surface area (Å²) in [5.41, 5.74) is 3.22. The Labute approximate surface area is 132 Å². The normalized spacial score (nSPS) is 10.9. The molecule has 0 atom stereocenters. The summed E-state index contributed by atoms with van der Waals surface area (Å²) >= 11 is 0. The lowest BCUT2D eigenvalue weighted by Crippen LogP contribution is -1.98. The van der Waals surface area contributed by atoms with Crippen molar-refractivity contribution in [2.24, 2.45) is 10.2 Å². The molecule has 7 nitrogen and oxygen atoms in total. The second-order valence-corrected chi connectivity index (χ2v) is 5.19. The van der Waals surface area contributed by atoms with Crippen LogP contribution in [0.5, 0.6) is 0 Å². The fraction of sp³-hybridized carbons (Fsp3) is 0.188. The van der Waals surface area contributed by atoms with Crippen molar-refractivity contribution in [3.63, 3.8) is 0 Å². The SMILES string of the molecule is Cc1cc(C)c(N=Nc2ccc([N+](=O)[O-])cc2C(=O)O)cc1C. The third-order valence-electron chi connectivity index (χ3n) is 3.50. The van der Waals surface area contributed by atoms with Gasteiger partial charge in [0.2, 0.25) is 0 Å². The number of rotatable bonds is 4. The summed E-state index contributed by atoms with van der Waals surface area (Å²) in [6, 6.07) is 7.29. The van der Waals surface area contributed by atoms with E-state index in [-0.39, 0.29) is 16.9 Å². The second kappa shape index (κ2) is 6.35. The molecular formula is C16H15N3O4. The maximum absolute atomic E-state index is 11.2. The summed E-state index contributed by atoms with van der Waals surface area (Å²) in [5, 5.41) is 28.0. The van der Waals surface area contributed by atoms with Crippen LogP contribution in [0.3, 0.4) is 0 Å². The van der Waals surface area contributed by atoms with E-state index in [0.717, 1.165) is 22.8 Å². The Balaban J connectivity index is 2.45. The van der Waals surface area contributed by atoms with Gasteiger partial charge in [0, 0.05) is 12.1 Å². The third-order valence-corrected chi connectivity index (χ3v) is 3.50. The Kier molecular flexibility index (Phi) is 4.49. The number of hydrogen-bond donors (Lipinski definition) is 1. The number of carbonyl (C=O) groups is 1. The lowest BCUT2D eigenvalue weighted by molar-refractivity contribution is -0.384. The Morgan fingerprint density at radius 2 is 1.61 bits per heavy atom. The maximum atomic E-state index is 11.2. The molecule has 0 spiro atoms. The molecule has 0 aromatic heterocycles. The topological polar surface area (TPSA) is 105 Å². The fourth-order valence-electron chi connectivity index (χ4n) is 2.06. The average molecular weight is 313 g/mol. The van der Waals surface area contributed by atoms with Gasteiger partial charge in [0.1, 0.15) is 5.69 Å².